The summed E-state index contributed by atoms with van der Waals surface area (Å²) < 4.78 is 13.1. The molecule has 0 N–H and O–H groups in total. The van der Waals surface area contributed by atoms with E-state index in [1.807, 2.05) is 18.3 Å². The van der Waals surface area contributed by atoms with Crippen molar-refractivity contribution in [2.75, 3.05) is 19.9 Å². The zero-order valence-electron chi connectivity index (χ0n) is 13.9. The quantitative estimate of drug-likeness (QED) is 0.848. The van der Waals surface area contributed by atoms with Crippen molar-refractivity contribution in [3.05, 3.63) is 40.9 Å². The summed E-state index contributed by atoms with van der Waals surface area (Å²) in [5, 5.41) is 0.756. The predicted molar refractivity (Wildman–Crippen MR) is 92.5 cm³/mol. The van der Waals surface area contributed by atoms with Gasteiger partial charge in [0, 0.05) is 43.1 Å². The number of hydrogen-bond donors (Lipinski definition) is 0. The highest BCUT2D eigenvalue weighted by Gasteiger charge is 2.23. The summed E-state index contributed by atoms with van der Waals surface area (Å²) in [5.41, 5.74) is 1.11. The molecule has 0 radical (unpaired) electrons. The van der Waals surface area contributed by atoms with Gasteiger partial charge in [-0.15, -0.1) is 0 Å². The van der Waals surface area contributed by atoms with E-state index in [9.17, 15) is 0 Å². The Kier molecular flexibility index (Phi) is 4.37. The molecule has 0 bridgehead atoms. The summed E-state index contributed by atoms with van der Waals surface area (Å²) in [7, 11) is 0. The van der Waals surface area contributed by atoms with Crippen molar-refractivity contribution in [1.82, 2.24) is 14.5 Å². The van der Waals surface area contributed by atoms with Gasteiger partial charge in [-0.05, 0) is 43.9 Å². The summed E-state index contributed by atoms with van der Waals surface area (Å²) >= 11 is 6.42. The minimum absolute atomic E-state index is 0.283. The normalized spacial score (nSPS) is 20.5. The number of likely N-dealkylation sites (tertiary alicyclic amines) is 1. The monoisotopic (exact) mass is 347 g/mol. The highest BCUT2D eigenvalue weighted by Crippen LogP contribution is 2.37. The van der Waals surface area contributed by atoms with Gasteiger partial charge in [-0.3, -0.25) is 4.90 Å². The van der Waals surface area contributed by atoms with E-state index < -0.39 is 0 Å². The van der Waals surface area contributed by atoms with Gasteiger partial charge in [-0.25, -0.2) is 4.98 Å². The molecule has 3 heterocycles. The maximum Gasteiger partial charge on any atom is 0.231 e. The van der Waals surface area contributed by atoms with Gasteiger partial charge in [-0.2, -0.15) is 0 Å². The smallest absolute Gasteiger partial charge is 0.231 e. The SMILES string of the molecule is Cc1nccn1C[C@@H]1CCCN(Cc2cc3c(cc2Cl)OCO3)C1. The first-order chi connectivity index (χ1) is 11.7. The van der Waals surface area contributed by atoms with Crippen LogP contribution in [0.2, 0.25) is 5.02 Å². The first-order valence-electron chi connectivity index (χ1n) is 8.47. The number of aryl methyl sites for hydroxylation is 1. The minimum Gasteiger partial charge on any atom is -0.454 e. The van der Waals surface area contributed by atoms with Crippen LogP contribution in [0.4, 0.5) is 0 Å². The molecule has 2 aliphatic rings. The molecule has 24 heavy (non-hydrogen) atoms. The number of imidazole rings is 1. The maximum atomic E-state index is 6.42. The lowest BCUT2D eigenvalue weighted by Crippen LogP contribution is -2.36. The third-order valence-electron chi connectivity index (χ3n) is 4.92. The fourth-order valence-electron chi connectivity index (χ4n) is 3.64. The van der Waals surface area contributed by atoms with Gasteiger partial charge in [-0.1, -0.05) is 11.6 Å². The topological polar surface area (TPSA) is 39.5 Å². The molecule has 0 spiro atoms. The van der Waals surface area contributed by atoms with Crippen LogP contribution in [0.25, 0.3) is 0 Å². The van der Waals surface area contributed by atoms with Crippen LogP contribution in [-0.4, -0.2) is 34.3 Å². The standard InChI is InChI=1S/C18H22ClN3O2/c1-13-20-4-6-22(13)10-14-3-2-5-21(9-14)11-15-7-17-18(8-16(15)19)24-12-23-17/h4,6-8,14H,2-3,5,9-12H2,1H3/t14-/m1/s1. The largest absolute Gasteiger partial charge is 0.454 e. The van der Waals surface area contributed by atoms with Crippen molar-refractivity contribution in [3.63, 3.8) is 0 Å². The second-order valence-electron chi connectivity index (χ2n) is 6.67. The molecule has 0 amide bonds. The molecule has 1 atom stereocenters. The molecule has 2 aliphatic heterocycles. The Hall–Kier alpha value is -1.72. The molecule has 5 nitrogen and oxygen atoms in total. The summed E-state index contributed by atoms with van der Waals surface area (Å²) in [6.07, 6.45) is 6.44. The van der Waals surface area contributed by atoms with Gasteiger partial charge in [0.2, 0.25) is 6.79 Å². The van der Waals surface area contributed by atoms with E-state index in [2.05, 4.69) is 27.6 Å². The molecule has 4 rings (SSSR count). The number of piperidine rings is 1. The average molecular weight is 348 g/mol. The van der Waals surface area contributed by atoms with Crippen LogP contribution < -0.4 is 9.47 Å². The van der Waals surface area contributed by atoms with E-state index >= 15 is 0 Å². The number of ether oxygens (including phenoxy) is 2. The van der Waals surface area contributed by atoms with Crippen molar-refractivity contribution >= 4 is 11.6 Å². The van der Waals surface area contributed by atoms with E-state index in [-0.39, 0.29) is 6.79 Å². The average Bonchev–Trinajstić information content (AvgIpc) is 3.17. The molecular weight excluding hydrogens is 326 g/mol. The van der Waals surface area contributed by atoms with Crippen LogP contribution >= 0.6 is 11.6 Å². The molecule has 0 unspecified atom stereocenters. The number of nitrogens with zero attached hydrogens (tertiary/aromatic N) is 3. The Labute approximate surface area is 147 Å². The molecule has 1 aromatic heterocycles. The van der Waals surface area contributed by atoms with Crippen molar-refractivity contribution < 1.29 is 9.47 Å². The Bertz CT molecular complexity index is 731. The van der Waals surface area contributed by atoms with E-state index in [1.54, 1.807) is 0 Å². The molecule has 128 valence electrons. The summed E-state index contributed by atoms with van der Waals surface area (Å²) in [4.78, 5) is 6.81. The molecule has 0 saturated carbocycles. The van der Waals surface area contributed by atoms with Crippen LogP contribution in [0, 0.1) is 12.8 Å². The van der Waals surface area contributed by atoms with Crippen molar-refractivity contribution in [3.8, 4) is 11.5 Å². The van der Waals surface area contributed by atoms with Gasteiger partial charge in [0.1, 0.15) is 5.82 Å². The zero-order chi connectivity index (χ0) is 16.5. The molecule has 1 saturated heterocycles. The van der Waals surface area contributed by atoms with Crippen molar-refractivity contribution in [2.24, 2.45) is 5.92 Å². The summed E-state index contributed by atoms with van der Waals surface area (Å²) in [6, 6.07) is 3.89. The highest BCUT2D eigenvalue weighted by atomic mass is 35.5. The number of aromatic nitrogens is 2. The predicted octanol–water partition coefficient (Wildman–Crippen LogP) is 3.49. The second kappa shape index (κ2) is 6.65. The zero-order valence-corrected chi connectivity index (χ0v) is 14.6. The first kappa shape index (κ1) is 15.8. The second-order valence-corrected chi connectivity index (χ2v) is 7.07. The van der Waals surface area contributed by atoms with E-state index in [1.165, 1.54) is 12.8 Å². The van der Waals surface area contributed by atoms with Crippen LogP contribution in [-0.2, 0) is 13.1 Å². The molecule has 6 heteroatoms. The number of benzene rings is 1. The van der Waals surface area contributed by atoms with Crippen LogP contribution in [0.3, 0.4) is 0 Å². The molecule has 1 fully saturated rings. The molecule has 0 aliphatic carbocycles. The van der Waals surface area contributed by atoms with Crippen molar-refractivity contribution in [2.45, 2.75) is 32.9 Å². The lowest BCUT2D eigenvalue weighted by Gasteiger charge is -2.33. The maximum absolute atomic E-state index is 6.42. The third kappa shape index (κ3) is 3.23. The third-order valence-corrected chi connectivity index (χ3v) is 5.27. The van der Waals surface area contributed by atoms with Gasteiger partial charge >= 0.3 is 0 Å². The molecule has 2 aromatic rings. The van der Waals surface area contributed by atoms with Gasteiger partial charge in [0.15, 0.2) is 11.5 Å². The number of fused-ring (bicyclic) bond motifs is 1. The lowest BCUT2D eigenvalue weighted by atomic mass is 9.97. The minimum atomic E-state index is 0.283. The van der Waals surface area contributed by atoms with Gasteiger partial charge < -0.3 is 14.0 Å². The number of halogens is 1. The fourth-order valence-corrected chi connectivity index (χ4v) is 3.85. The fraction of sp³-hybridized carbons (Fsp3) is 0.500. The summed E-state index contributed by atoms with van der Waals surface area (Å²) in [5.74, 6) is 3.29. The number of rotatable bonds is 4. The number of hydrogen-bond acceptors (Lipinski definition) is 4. The first-order valence-corrected chi connectivity index (χ1v) is 8.85. The highest BCUT2D eigenvalue weighted by molar-refractivity contribution is 6.31. The van der Waals surface area contributed by atoms with E-state index in [0.29, 0.717) is 5.92 Å². The van der Waals surface area contributed by atoms with Gasteiger partial charge in [0.05, 0.1) is 0 Å². The van der Waals surface area contributed by atoms with E-state index in [4.69, 9.17) is 21.1 Å². The Morgan fingerprint density at radius 2 is 2.12 bits per heavy atom. The Morgan fingerprint density at radius 1 is 1.29 bits per heavy atom. The van der Waals surface area contributed by atoms with E-state index in [0.717, 1.165) is 54.1 Å². The van der Waals surface area contributed by atoms with Crippen molar-refractivity contribution in [1.29, 1.82) is 0 Å². The van der Waals surface area contributed by atoms with Crippen LogP contribution in [0.1, 0.15) is 24.2 Å². The Morgan fingerprint density at radius 3 is 2.92 bits per heavy atom. The van der Waals surface area contributed by atoms with Crippen LogP contribution in [0.5, 0.6) is 11.5 Å². The van der Waals surface area contributed by atoms with Gasteiger partial charge in [0.25, 0.3) is 0 Å². The Balaban J connectivity index is 1.42. The molecular formula is C18H22ClN3O2. The molecule has 1 aromatic carbocycles. The summed E-state index contributed by atoms with van der Waals surface area (Å²) in [6.45, 7) is 6.44. The lowest BCUT2D eigenvalue weighted by molar-refractivity contribution is 0.155. The van der Waals surface area contributed by atoms with Crippen LogP contribution in [0.15, 0.2) is 24.5 Å².